The van der Waals surface area contributed by atoms with E-state index in [4.69, 9.17) is 0 Å². The maximum atomic E-state index is 11.5. The molecule has 0 saturated carbocycles. The van der Waals surface area contributed by atoms with Gasteiger partial charge in [-0.1, -0.05) is 30.3 Å². The van der Waals surface area contributed by atoms with Crippen LogP contribution in [0, 0.1) is 16.7 Å². The van der Waals surface area contributed by atoms with Crippen molar-refractivity contribution in [3.63, 3.8) is 0 Å². The predicted molar refractivity (Wildman–Crippen MR) is 67.5 cm³/mol. The Morgan fingerprint density at radius 1 is 1.39 bits per heavy atom. The molecule has 2 atom stereocenters. The van der Waals surface area contributed by atoms with Crippen molar-refractivity contribution in [1.29, 1.82) is 5.26 Å². The minimum Gasteiger partial charge on any atom is -0.391 e. The molecule has 2 rings (SSSR count). The smallest absolute Gasteiger partial charge is 0.152 e. The Kier molecular flexibility index (Phi) is 3.42. The third-order valence-corrected chi connectivity index (χ3v) is 5.25. The molecule has 4 nitrogen and oxygen atoms in total. The predicted octanol–water partition coefficient (Wildman–Crippen LogP) is 0.918. The van der Waals surface area contributed by atoms with Crippen LogP contribution in [0.15, 0.2) is 30.3 Å². The van der Waals surface area contributed by atoms with E-state index in [0.717, 1.165) is 5.56 Å². The fourth-order valence-corrected chi connectivity index (χ4v) is 4.34. The average Bonchev–Trinajstić information content (AvgIpc) is 2.68. The SMILES string of the molecule is N#CC1(C(O)Cc2ccccc2)CCS(=O)(=O)C1. The Hall–Kier alpha value is -1.38. The molecule has 1 aromatic carbocycles. The lowest BCUT2D eigenvalue weighted by molar-refractivity contribution is 0.0798. The number of aliphatic hydroxyl groups is 1. The monoisotopic (exact) mass is 265 g/mol. The van der Waals surface area contributed by atoms with E-state index in [2.05, 4.69) is 0 Å². The molecule has 2 unspecified atom stereocenters. The molecule has 1 aliphatic rings. The lowest BCUT2D eigenvalue weighted by atomic mass is 9.80. The second kappa shape index (κ2) is 4.71. The van der Waals surface area contributed by atoms with Gasteiger partial charge in [0.2, 0.25) is 0 Å². The molecule has 0 aliphatic carbocycles. The van der Waals surface area contributed by atoms with Gasteiger partial charge in [-0.3, -0.25) is 0 Å². The summed E-state index contributed by atoms with van der Waals surface area (Å²) in [6.45, 7) is 0. The molecule has 5 heteroatoms. The van der Waals surface area contributed by atoms with Gasteiger partial charge in [0.15, 0.2) is 9.84 Å². The Morgan fingerprint density at radius 3 is 2.56 bits per heavy atom. The van der Waals surface area contributed by atoms with Crippen LogP contribution in [0.3, 0.4) is 0 Å². The number of nitriles is 1. The van der Waals surface area contributed by atoms with Gasteiger partial charge in [-0.05, 0) is 18.4 Å². The molecule has 18 heavy (non-hydrogen) atoms. The third kappa shape index (κ3) is 2.55. The minimum absolute atomic E-state index is 0.00753. The molecule has 1 aromatic rings. The van der Waals surface area contributed by atoms with Crippen molar-refractivity contribution in [3.05, 3.63) is 35.9 Å². The van der Waals surface area contributed by atoms with Crippen LogP contribution in [0.1, 0.15) is 12.0 Å². The largest absolute Gasteiger partial charge is 0.391 e. The molecular weight excluding hydrogens is 250 g/mol. The fraction of sp³-hybridized carbons (Fsp3) is 0.462. The van der Waals surface area contributed by atoms with Gasteiger partial charge in [-0.25, -0.2) is 8.42 Å². The van der Waals surface area contributed by atoms with Gasteiger partial charge < -0.3 is 5.11 Å². The van der Waals surface area contributed by atoms with Crippen molar-refractivity contribution in [2.75, 3.05) is 11.5 Å². The van der Waals surface area contributed by atoms with Crippen molar-refractivity contribution in [3.8, 4) is 6.07 Å². The van der Waals surface area contributed by atoms with E-state index >= 15 is 0 Å². The second-order valence-corrected chi connectivity index (χ2v) is 7.00. The quantitative estimate of drug-likeness (QED) is 0.881. The highest BCUT2D eigenvalue weighted by atomic mass is 32.2. The average molecular weight is 265 g/mol. The summed E-state index contributed by atoms with van der Waals surface area (Å²) >= 11 is 0. The molecule has 0 aromatic heterocycles. The highest BCUT2D eigenvalue weighted by Gasteiger charge is 2.47. The zero-order chi connectivity index (χ0) is 13.2. The van der Waals surface area contributed by atoms with Crippen LogP contribution in [-0.4, -0.2) is 31.1 Å². The van der Waals surface area contributed by atoms with Crippen LogP contribution in [0.4, 0.5) is 0 Å². The second-order valence-electron chi connectivity index (χ2n) is 4.82. The first-order chi connectivity index (χ1) is 8.47. The topological polar surface area (TPSA) is 78.2 Å². The Labute approximate surface area is 107 Å². The van der Waals surface area contributed by atoms with Crippen LogP contribution in [0.2, 0.25) is 0 Å². The number of benzene rings is 1. The minimum atomic E-state index is -3.19. The van der Waals surface area contributed by atoms with E-state index < -0.39 is 21.4 Å². The number of aliphatic hydroxyl groups excluding tert-OH is 1. The van der Waals surface area contributed by atoms with E-state index in [0.29, 0.717) is 6.42 Å². The van der Waals surface area contributed by atoms with E-state index in [1.54, 1.807) is 0 Å². The van der Waals surface area contributed by atoms with Crippen molar-refractivity contribution in [1.82, 2.24) is 0 Å². The summed E-state index contributed by atoms with van der Waals surface area (Å²) in [5.74, 6) is -0.239. The standard InChI is InChI=1S/C13H15NO3S/c14-9-13(6-7-18(16,17)10-13)12(15)8-11-4-2-1-3-5-11/h1-5,12,15H,6-8,10H2. The van der Waals surface area contributed by atoms with Gasteiger partial charge in [-0.15, -0.1) is 0 Å². The molecule has 1 N–H and O–H groups in total. The van der Waals surface area contributed by atoms with Gasteiger partial charge in [0.1, 0.15) is 0 Å². The normalized spacial score (nSPS) is 27.6. The summed E-state index contributed by atoms with van der Waals surface area (Å²) in [7, 11) is -3.19. The lowest BCUT2D eigenvalue weighted by Gasteiger charge is -2.25. The van der Waals surface area contributed by atoms with Gasteiger partial charge in [-0.2, -0.15) is 5.26 Å². The zero-order valence-corrected chi connectivity index (χ0v) is 10.7. The van der Waals surface area contributed by atoms with Crippen LogP contribution in [0.25, 0.3) is 0 Å². The van der Waals surface area contributed by atoms with E-state index in [9.17, 15) is 18.8 Å². The Balaban J connectivity index is 2.18. The summed E-state index contributed by atoms with van der Waals surface area (Å²) in [4.78, 5) is 0. The van der Waals surface area contributed by atoms with Crippen LogP contribution in [0.5, 0.6) is 0 Å². The Bertz CT molecular complexity index is 562. The zero-order valence-electron chi connectivity index (χ0n) is 9.91. The summed E-state index contributed by atoms with van der Waals surface area (Å²) in [6, 6.07) is 11.3. The first-order valence-electron chi connectivity index (χ1n) is 5.81. The number of hydrogen-bond acceptors (Lipinski definition) is 4. The molecule has 1 fully saturated rings. The van der Waals surface area contributed by atoms with E-state index in [1.807, 2.05) is 36.4 Å². The molecule has 0 amide bonds. The number of rotatable bonds is 3. The molecule has 1 aliphatic heterocycles. The van der Waals surface area contributed by atoms with Gasteiger partial charge in [0.25, 0.3) is 0 Å². The highest BCUT2D eigenvalue weighted by Crippen LogP contribution is 2.36. The first-order valence-corrected chi connectivity index (χ1v) is 7.63. The highest BCUT2D eigenvalue weighted by molar-refractivity contribution is 7.91. The van der Waals surface area contributed by atoms with Crippen LogP contribution >= 0.6 is 0 Å². The summed E-state index contributed by atoms with van der Waals surface area (Å²) in [5.41, 5.74) is -0.238. The number of nitrogens with zero attached hydrogens (tertiary/aromatic N) is 1. The fourth-order valence-electron chi connectivity index (χ4n) is 2.33. The number of hydrogen-bond donors (Lipinski definition) is 1. The van der Waals surface area contributed by atoms with Crippen LogP contribution in [-0.2, 0) is 16.3 Å². The van der Waals surface area contributed by atoms with Crippen molar-refractivity contribution in [2.24, 2.45) is 5.41 Å². The maximum absolute atomic E-state index is 11.5. The summed E-state index contributed by atoms with van der Waals surface area (Å²) in [6.07, 6.45) is -0.411. The van der Waals surface area contributed by atoms with Gasteiger partial charge in [0.05, 0.1) is 29.1 Å². The van der Waals surface area contributed by atoms with Gasteiger partial charge in [0, 0.05) is 0 Å². The van der Waals surface area contributed by atoms with E-state index in [-0.39, 0.29) is 17.9 Å². The van der Waals surface area contributed by atoms with Crippen molar-refractivity contribution < 1.29 is 13.5 Å². The lowest BCUT2D eigenvalue weighted by Crippen LogP contribution is -2.36. The van der Waals surface area contributed by atoms with Crippen molar-refractivity contribution in [2.45, 2.75) is 18.9 Å². The molecule has 1 saturated heterocycles. The summed E-state index contributed by atoms with van der Waals surface area (Å²) < 4.78 is 23.0. The van der Waals surface area contributed by atoms with Crippen molar-refractivity contribution >= 4 is 9.84 Å². The van der Waals surface area contributed by atoms with Gasteiger partial charge >= 0.3 is 0 Å². The summed E-state index contributed by atoms with van der Waals surface area (Å²) in [5, 5.41) is 19.4. The molecule has 0 bridgehead atoms. The third-order valence-electron chi connectivity index (χ3n) is 3.47. The van der Waals surface area contributed by atoms with E-state index in [1.165, 1.54) is 0 Å². The maximum Gasteiger partial charge on any atom is 0.152 e. The molecule has 0 radical (unpaired) electrons. The first kappa shape index (κ1) is 13.1. The number of sulfone groups is 1. The molecule has 96 valence electrons. The molecular formula is C13H15NO3S. The molecule has 1 heterocycles. The Morgan fingerprint density at radius 2 is 2.06 bits per heavy atom. The molecule has 0 spiro atoms. The van der Waals surface area contributed by atoms with Crippen LogP contribution < -0.4 is 0 Å².